The van der Waals surface area contributed by atoms with Gasteiger partial charge in [0.15, 0.2) is 5.82 Å². The van der Waals surface area contributed by atoms with Crippen molar-refractivity contribution in [1.82, 2.24) is 15.2 Å². The quantitative estimate of drug-likeness (QED) is 0.526. The highest BCUT2D eigenvalue weighted by atomic mass is 32.2. The molecule has 0 unspecified atom stereocenters. The van der Waals surface area contributed by atoms with Crippen molar-refractivity contribution in [3.05, 3.63) is 64.1 Å². The number of hydrogen-bond acceptors (Lipinski definition) is 4. The molecule has 0 amide bonds. The summed E-state index contributed by atoms with van der Waals surface area (Å²) in [5, 5.41) is 5.43. The van der Waals surface area contributed by atoms with Crippen molar-refractivity contribution in [3.8, 4) is 11.4 Å². The summed E-state index contributed by atoms with van der Waals surface area (Å²) in [6, 6.07) is 4.72. The number of nitrogens with one attached hydrogen (secondary N) is 3. The fourth-order valence-electron chi connectivity index (χ4n) is 2.45. The highest BCUT2D eigenvalue weighted by Gasteiger charge is 2.33. The van der Waals surface area contributed by atoms with Crippen LogP contribution in [0, 0.1) is 0 Å². The topological polar surface area (TPSA) is 108 Å². The maximum Gasteiger partial charge on any atom is 0.416 e. The van der Waals surface area contributed by atoms with Crippen LogP contribution in [0.4, 0.5) is 32.0 Å². The number of nitrogens with zero attached hydrogens (tertiary/aromatic N) is 1. The Morgan fingerprint density at radius 3 is 2.13 bits per heavy atom. The molecule has 0 fully saturated rings. The van der Waals surface area contributed by atoms with Gasteiger partial charge < -0.3 is 0 Å². The molecule has 0 spiro atoms. The third kappa shape index (κ3) is 4.64. The van der Waals surface area contributed by atoms with Gasteiger partial charge in [0.1, 0.15) is 0 Å². The molecule has 3 rings (SSSR count). The van der Waals surface area contributed by atoms with Crippen molar-refractivity contribution >= 4 is 15.7 Å². The van der Waals surface area contributed by atoms with Crippen LogP contribution in [-0.4, -0.2) is 23.6 Å². The van der Waals surface area contributed by atoms with E-state index < -0.39 is 49.8 Å². The first-order valence-electron chi connectivity index (χ1n) is 7.83. The van der Waals surface area contributed by atoms with Gasteiger partial charge in [-0.25, -0.2) is 18.3 Å². The van der Waals surface area contributed by atoms with E-state index in [0.717, 1.165) is 18.2 Å². The van der Waals surface area contributed by atoms with Gasteiger partial charge in [-0.05, 0) is 36.4 Å². The van der Waals surface area contributed by atoms with Crippen LogP contribution in [0.1, 0.15) is 11.1 Å². The molecule has 0 aliphatic heterocycles. The molecule has 1 aromatic heterocycles. The molecule has 14 heteroatoms. The molecule has 30 heavy (non-hydrogen) atoms. The Morgan fingerprint density at radius 1 is 0.900 bits per heavy atom. The summed E-state index contributed by atoms with van der Waals surface area (Å²) in [5.74, 6) is -0.300. The van der Waals surface area contributed by atoms with Gasteiger partial charge in [-0.2, -0.15) is 31.4 Å². The summed E-state index contributed by atoms with van der Waals surface area (Å²) in [7, 11) is -4.67. The molecule has 0 saturated heterocycles. The second-order valence-electron chi connectivity index (χ2n) is 5.95. The van der Waals surface area contributed by atoms with E-state index in [2.05, 4.69) is 10.1 Å². The lowest BCUT2D eigenvalue weighted by Gasteiger charge is -2.14. The first-order valence-corrected chi connectivity index (χ1v) is 9.31. The van der Waals surface area contributed by atoms with Crippen molar-refractivity contribution in [2.45, 2.75) is 17.2 Å². The number of aromatic nitrogens is 3. The monoisotopic (exact) mass is 452 g/mol. The van der Waals surface area contributed by atoms with Gasteiger partial charge in [0.05, 0.1) is 21.7 Å². The first-order chi connectivity index (χ1) is 13.8. The molecule has 3 aromatic rings. The summed E-state index contributed by atoms with van der Waals surface area (Å²) in [5.41, 5.74) is -4.21. The van der Waals surface area contributed by atoms with E-state index in [9.17, 15) is 39.6 Å². The minimum absolute atomic E-state index is 0.287. The van der Waals surface area contributed by atoms with E-state index in [1.807, 2.05) is 9.82 Å². The van der Waals surface area contributed by atoms with E-state index in [4.69, 9.17) is 0 Å². The average molecular weight is 452 g/mol. The Labute approximate surface area is 163 Å². The van der Waals surface area contributed by atoms with Gasteiger partial charge in [-0.3, -0.25) is 9.71 Å². The van der Waals surface area contributed by atoms with Crippen molar-refractivity contribution in [1.29, 1.82) is 0 Å². The molecule has 2 aromatic carbocycles. The molecule has 0 bridgehead atoms. The van der Waals surface area contributed by atoms with Crippen LogP contribution >= 0.6 is 0 Å². The van der Waals surface area contributed by atoms with Gasteiger partial charge in [0, 0.05) is 5.56 Å². The summed E-state index contributed by atoms with van der Waals surface area (Å²) >= 11 is 0. The number of alkyl halides is 6. The minimum atomic E-state index is -4.89. The Hall–Kier alpha value is -3.29. The largest absolute Gasteiger partial charge is 0.416 e. The molecule has 160 valence electrons. The fourth-order valence-corrected chi connectivity index (χ4v) is 3.53. The van der Waals surface area contributed by atoms with Crippen LogP contribution in [0.15, 0.2) is 52.2 Å². The zero-order valence-electron chi connectivity index (χ0n) is 14.4. The van der Waals surface area contributed by atoms with Crippen LogP contribution in [0.2, 0.25) is 0 Å². The number of halogens is 6. The summed E-state index contributed by atoms with van der Waals surface area (Å²) in [6.45, 7) is 0. The lowest BCUT2D eigenvalue weighted by atomic mass is 10.1. The summed E-state index contributed by atoms with van der Waals surface area (Å²) < 4.78 is 105. The zero-order chi connectivity index (χ0) is 22.3. The third-order valence-corrected chi connectivity index (χ3v) is 5.14. The van der Waals surface area contributed by atoms with Gasteiger partial charge >= 0.3 is 18.0 Å². The van der Waals surface area contributed by atoms with Crippen LogP contribution in [0.5, 0.6) is 0 Å². The number of rotatable bonds is 4. The van der Waals surface area contributed by atoms with E-state index >= 15 is 0 Å². The molecule has 0 aliphatic carbocycles. The van der Waals surface area contributed by atoms with Crippen molar-refractivity contribution < 1.29 is 34.8 Å². The molecule has 0 radical (unpaired) electrons. The summed E-state index contributed by atoms with van der Waals surface area (Å²) in [6.07, 6.45) is -9.70. The Kier molecular flexibility index (Phi) is 5.14. The first kappa shape index (κ1) is 21.4. The maximum atomic E-state index is 13.2. The highest BCUT2D eigenvalue weighted by Crippen LogP contribution is 2.35. The number of sulfonamides is 1. The van der Waals surface area contributed by atoms with Gasteiger partial charge in [-0.15, -0.1) is 0 Å². The smallest absolute Gasteiger partial charge is 0.289 e. The predicted molar refractivity (Wildman–Crippen MR) is 91.9 cm³/mol. The predicted octanol–water partition coefficient (Wildman–Crippen LogP) is 3.60. The molecular formula is C16H10F6N4O3S. The standard InChI is InChI=1S/C16H10F6N4O3S/c17-15(18,19)9-2-1-3-12(7-9)30(28,29)26-11-5-8(13-23-14(27)25-24-13)4-10(6-11)16(20,21)22/h1-7,26H,(H2,23,24,25,27). The van der Waals surface area contributed by atoms with Crippen LogP contribution in [0.3, 0.4) is 0 Å². The molecule has 7 nitrogen and oxygen atoms in total. The molecule has 3 N–H and O–H groups in total. The summed E-state index contributed by atoms with van der Waals surface area (Å²) in [4.78, 5) is 12.5. The molecule has 0 atom stereocenters. The molecule has 0 aliphatic rings. The highest BCUT2D eigenvalue weighted by molar-refractivity contribution is 7.92. The van der Waals surface area contributed by atoms with E-state index in [-0.39, 0.29) is 11.4 Å². The number of benzene rings is 2. The fraction of sp³-hybridized carbons (Fsp3) is 0.125. The van der Waals surface area contributed by atoms with Gasteiger partial charge in [-0.1, -0.05) is 6.07 Å². The lowest BCUT2D eigenvalue weighted by molar-refractivity contribution is -0.138. The van der Waals surface area contributed by atoms with Crippen LogP contribution in [0.25, 0.3) is 11.4 Å². The number of anilines is 1. The van der Waals surface area contributed by atoms with Crippen molar-refractivity contribution in [2.75, 3.05) is 4.72 Å². The number of aromatic amines is 2. The van der Waals surface area contributed by atoms with Crippen molar-refractivity contribution in [3.63, 3.8) is 0 Å². The van der Waals surface area contributed by atoms with Gasteiger partial charge in [0.25, 0.3) is 10.0 Å². The lowest BCUT2D eigenvalue weighted by Crippen LogP contribution is -2.15. The van der Waals surface area contributed by atoms with Crippen LogP contribution < -0.4 is 10.4 Å². The third-order valence-electron chi connectivity index (χ3n) is 3.76. The Morgan fingerprint density at radius 2 is 1.57 bits per heavy atom. The second-order valence-corrected chi connectivity index (χ2v) is 7.64. The van der Waals surface area contributed by atoms with Gasteiger partial charge in [0.2, 0.25) is 0 Å². The Balaban J connectivity index is 2.06. The SMILES string of the molecule is O=c1[nH]nc(-c2cc(NS(=O)(=O)c3cccc(C(F)(F)F)c3)cc(C(F)(F)F)c2)[nH]1. The van der Waals surface area contributed by atoms with Crippen LogP contribution in [-0.2, 0) is 22.4 Å². The zero-order valence-corrected chi connectivity index (χ0v) is 15.2. The maximum absolute atomic E-state index is 13.2. The molecule has 1 heterocycles. The van der Waals surface area contributed by atoms with E-state index in [1.165, 1.54) is 0 Å². The average Bonchev–Trinajstić information content (AvgIpc) is 3.06. The number of hydrogen-bond donors (Lipinski definition) is 3. The molecule has 0 saturated carbocycles. The number of H-pyrrole nitrogens is 2. The van der Waals surface area contributed by atoms with Crippen molar-refractivity contribution in [2.24, 2.45) is 0 Å². The van der Waals surface area contributed by atoms with E-state index in [1.54, 1.807) is 0 Å². The van der Waals surface area contributed by atoms with E-state index in [0.29, 0.717) is 24.3 Å². The minimum Gasteiger partial charge on any atom is -0.289 e. The normalized spacial score (nSPS) is 12.7. The second kappa shape index (κ2) is 7.19. The Bertz CT molecular complexity index is 1240. The molecular weight excluding hydrogens is 442 g/mol.